The Morgan fingerprint density at radius 1 is 0.867 bits per heavy atom. The number of rotatable bonds is 15. The average molecular weight is 432 g/mol. The molecular formula is C16H28N6O8. The normalized spacial score (nSPS) is 13.4. The van der Waals surface area contributed by atoms with Gasteiger partial charge in [0.25, 0.3) is 0 Å². The number of unbranched alkanes of at least 4 members (excludes halogenated alkanes) is 1. The highest BCUT2D eigenvalue weighted by Gasteiger charge is 2.27. The second kappa shape index (κ2) is 13.8. The lowest BCUT2D eigenvalue weighted by Gasteiger charge is -2.21. The summed E-state index contributed by atoms with van der Waals surface area (Å²) in [6, 6.07) is -4.09. The van der Waals surface area contributed by atoms with Crippen LogP contribution in [0.5, 0.6) is 0 Å². The molecule has 3 atom stereocenters. The number of amides is 4. The topological polar surface area (TPSA) is 257 Å². The van der Waals surface area contributed by atoms with Crippen molar-refractivity contribution in [1.82, 2.24) is 16.0 Å². The van der Waals surface area contributed by atoms with E-state index in [0.717, 1.165) is 0 Å². The predicted molar refractivity (Wildman–Crippen MR) is 101 cm³/mol. The average Bonchev–Trinajstić information content (AvgIpc) is 2.63. The van der Waals surface area contributed by atoms with E-state index in [1.165, 1.54) is 0 Å². The molecule has 11 N–H and O–H groups in total. The van der Waals surface area contributed by atoms with Crippen LogP contribution in [0.1, 0.15) is 32.1 Å². The molecule has 0 aliphatic carbocycles. The van der Waals surface area contributed by atoms with Gasteiger partial charge in [-0.2, -0.15) is 0 Å². The Balaban J connectivity index is 4.93. The van der Waals surface area contributed by atoms with Gasteiger partial charge < -0.3 is 43.4 Å². The van der Waals surface area contributed by atoms with E-state index in [4.69, 9.17) is 27.4 Å². The van der Waals surface area contributed by atoms with Crippen molar-refractivity contribution in [2.75, 3.05) is 13.1 Å². The Morgan fingerprint density at radius 3 is 2.00 bits per heavy atom. The van der Waals surface area contributed by atoms with Gasteiger partial charge in [-0.25, -0.2) is 4.79 Å². The number of aliphatic carboxylic acids is 2. The zero-order valence-corrected chi connectivity index (χ0v) is 16.3. The molecule has 0 saturated carbocycles. The van der Waals surface area contributed by atoms with Gasteiger partial charge in [-0.05, 0) is 25.8 Å². The van der Waals surface area contributed by atoms with Crippen LogP contribution in [0.2, 0.25) is 0 Å². The van der Waals surface area contributed by atoms with Crippen LogP contribution in [0.15, 0.2) is 0 Å². The van der Waals surface area contributed by atoms with Crippen LogP contribution in [0.25, 0.3) is 0 Å². The molecule has 4 amide bonds. The molecular weight excluding hydrogens is 404 g/mol. The summed E-state index contributed by atoms with van der Waals surface area (Å²) < 4.78 is 0. The zero-order valence-electron chi connectivity index (χ0n) is 16.3. The number of nitrogens with two attached hydrogens (primary N) is 3. The van der Waals surface area contributed by atoms with Crippen LogP contribution in [-0.4, -0.2) is 77.0 Å². The SMILES string of the molecule is NCCCCC(NC(=O)CNC(=O)C(N)CC(=O)O)C(=O)NC(CC(N)=O)C(=O)O. The van der Waals surface area contributed by atoms with Crippen LogP contribution < -0.4 is 33.2 Å². The smallest absolute Gasteiger partial charge is 0.326 e. The molecule has 0 spiro atoms. The summed E-state index contributed by atoms with van der Waals surface area (Å²) in [6.45, 7) is -0.254. The lowest BCUT2D eigenvalue weighted by atomic mass is 10.1. The summed E-state index contributed by atoms with van der Waals surface area (Å²) in [6.07, 6.45) is -0.192. The van der Waals surface area contributed by atoms with Crippen molar-refractivity contribution >= 4 is 35.6 Å². The molecule has 0 aliphatic heterocycles. The summed E-state index contributed by atoms with van der Waals surface area (Å²) in [5, 5.41) is 24.3. The van der Waals surface area contributed by atoms with E-state index in [2.05, 4.69) is 16.0 Å². The zero-order chi connectivity index (χ0) is 23.3. The van der Waals surface area contributed by atoms with Gasteiger partial charge >= 0.3 is 11.9 Å². The Morgan fingerprint density at radius 2 is 1.50 bits per heavy atom. The molecule has 3 unspecified atom stereocenters. The molecule has 0 aromatic rings. The highest BCUT2D eigenvalue weighted by molar-refractivity contribution is 5.94. The van der Waals surface area contributed by atoms with Crippen molar-refractivity contribution in [2.45, 2.75) is 50.2 Å². The first-order chi connectivity index (χ1) is 14.0. The van der Waals surface area contributed by atoms with Gasteiger partial charge in [-0.3, -0.25) is 24.0 Å². The number of carboxylic acids is 2. The third kappa shape index (κ3) is 11.6. The van der Waals surface area contributed by atoms with E-state index in [0.29, 0.717) is 19.4 Å². The van der Waals surface area contributed by atoms with Crippen LogP contribution in [0.4, 0.5) is 0 Å². The minimum Gasteiger partial charge on any atom is -0.481 e. The fourth-order valence-corrected chi connectivity index (χ4v) is 2.26. The van der Waals surface area contributed by atoms with Crippen molar-refractivity contribution in [2.24, 2.45) is 17.2 Å². The van der Waals surface area contributed by atoms with Gasteiger partial charge in [0, 0.05) is 0 Å². The summed E-state index contributed by atoms with van der Waals surface area (Å²) in [5.74, 6) is -6.23. The van der Waals surface area contributed by atoms with Gasteiger partial charge in [-0.1, -0.05) is 0 Å². The molecule has 0 heterocycles. The first kappa shape index (κ1) is 26.7. The Kier molecular flexibility index (Phi) is 12.3. The quantitative estimate of drug-likeness (QED) is 0.116. The molecule has 14 nitrogen and oxygen atoms in total. The molecule has 0 fully saturated rings. The first-order valence-electron chi connectivity index (χ1n) is 9.03. The minimum atomic E-state index is -1.57. The highest BCUT2D eigenvalue weighted by Crippen LogP contribution is 2.03. The maximum Gasteiger partial charge on any atom is 0.326 e. The standard InChI is InChI=1S/C16H28N6O8/c17-4-2-1-3-9(15(28)22-10(16(29)30)6-11(19)23)21-12(24)7-20-14(27)8(18)5-13(25)26/h8-10H,1-7,17-18H2,(H2,19,23)(H,20,27)(H,21,24)(H,22,28)(H,25,26)(H,29,30). The second-order valence-electron chi connectivity index (χ2n) is 6.40. The van der Waals surface area contributed by atoms with Gasteiger partial charge in [0.15, 0.2) is 0 Å². The van der Waals surface area contributed by atoms with E-state index < -0.39 is 73.1 Å². The van der Waals surface area contributed by atoms with Crippen molar-refractivity contribution < 1.29 is 39.0 Å². The molecule has 0 radical (unpaired) electrons. The van der Waals surface area contributed by atoms with Crippen LogP contribution >= 0.6 is 0 Å². The number of primary amides is 1. The van der Waals surface area contributed by atoms with Crippen molar-refractivity contribution in [3.8, 4) is 0 Å². The number of carbonyl (C=O) groups excluding carboxylic acids is 4. The fraction of sp³-hybridized carbons (Fsp3) is 0.625. The number of hydrogen-bond acceptors (Lipinski definition) is 8. The summed E-state index contributed by atoms with van der Waals surface area (Å²) in [7, 11) is 0. The van der Waals surface area contributed by atoms with Gasteiger partial charge in [-0.15, -0.1) is 0 Å². The summed E-state index contributed by atoms with van der Waals surface area (Å²) in [5.41, 5.74) is 15.7. The van der Waals surface area contributed by atoms with Gasteiger partial charge in [0.05, 0.1) is 25.4 Å². The Bertz CT molecular complexity index is 656. The first-order valence-corrected chi connectivity index (χ1v) is 9.03. The molecule has 0 rings (SSSR count). The van der Waals surface area contributed by atoms with E-state index in [-0.39, 0.29) is 6.42 Å². The number of carbonyl (C=O) groups is 6. The Labute approximate surface area is 171 Å². The second-order valence-corrected chi connectivity index (χ2v) is 6.40. The fourth-order valence-electron chi connectivity index (χ4n) is 2.26. The third-order valence-electron chi connectivity index (χ3n) is 3.77. The number of nitrogens with one attached hydrogen (secondary N) is 3. The lowest BCUT2D eigenvalue weighted by Crippen LogP contribution is -2.54. The Hall–Kier alpha value is -3.26. The van der Waals surface area contributed by atoms with E-state index in [1.54, 1.807) is 0 Å². The van der Waals surface area contributed by atoms with Crippen LogP contribution in [-0.2, 0) is 28.8 Å². The maximum atomic E-state index is 12.4. The molecule has 170 valence electrons. The lowest BCUT2D eigenvalue weighted by molar-refractivity contribution is -0.143. The summed E-state index contributed by atoms with van der Waals surface area (Å²) in [4.78, 5) is 68.8. The molecule has 0 aromatic heterocycles. The third-order valence-corrected chi connectivity index (χ3v) is 3.77. The molecule has 0 aliphatic rings. The molecule has 0 aromatic carbocycles. The molecule has 0 saturated heterocycles. The van der Waals surface area contributed by atoms with Crippen molar-refractivity contribution in [1.29, 1.82) is 0 Å². The summed E-state index contributed by atoms with van der Waals surface area (Å²) >= 11 is 0. The predicted octanol–water partition coefficient (Wildman–Crippen LogP) is -4.04. The minimum absolute atomic E-state index is 0.115. The number of hydrogen-bond donors (Lipinski definition) is 8. The van der Waals surface area contributed by atoms with Crippen molar-refractivity contribution in [3.05, 3.63) is 0 Å². The maximum absolute atomic E-state index is 12.4. The van der Waals surface area contributed by atoms with E-state index >= 15 is 0 Å². The van der Waals surface area contributed by atoms with Gasteiger partial charge in [0.1, 0.15) is 12.1 Å². The van der Waals surface area contributed by atoms with E-state index in [9.17, 15) is 28.8 Å². The molecule has 0 bridgehead atoms. The molecule has 30 heavy (non-hydrogen) atoms. The monoisotopic (exact) mass is 432 g/mol. The highest BCUT2D eigenvalue weighted by atomic mass is 16.4. The van der Waals surface area contributed by atoms with Crippen LogP contribution in [0.3, 0.4) is 0 Å². The van der Waals surface area contributed by atoms with Gasteiger partial charge in [0.2, 0.25) is 23.6 Å². The largest absolute Gasteiger partial charge is 0.481 e. The van der Waals surface area contributed by atoms with Crippen LogP contribution in [0, 0.1) is 0 Å². The molecule has 14 heteroatoms. The van der Waals surface area contributed by atoms with E-state index in [1.807, 2.05) is 0 Å². The number of carboxylic acid groups (broad SMARTS) is 2. The van der Waals surface area contributed by atoms with Crippen molar-refractivity contribution in [3.63, 3.8) is 0 Å².